The Hall–Kier alpha value is -0.680. The van der Waals surface area contributed by atoms with E-state index in [2.05, 4.69) is 4.90 Å². The number of hydrogen-bond donors (Lipinski definition) is 0. The molecule has 0 bridgehead atoms. The molecule has 0 saturated heterocycles. The number of ether oxygens (including phenoxy) is 1. The summed E-state index contributed by atoms with van der Waals surface area (Å²) >= 11 is 1.59. The summed E-state index contributed by atoms with van der Waals surface area (Å²) in [6.07, 6.45) is 0.838. The summed E-state index contributed by atoms with van der Waals surface area (Å²) in [5.41, 5.74) is 1.17. The molecule has 0 spiro atoms. The van der Waals surface area contributed by atoms with E-state index in [0.717, 1.165) is 29.7 Å². The zero-order valence-electron chi connectivity index (χ0n) is 11.2. The molecule has 19 heavy (non-hydrogen) atoms. The molecular formula is C14H19ClFNOS. The van der Waals surface area contributed by atoms with Crippen molar-refractivity contribution in [3.8, 4) is 0 Å². The van der Waals surface area contributed by atoms with E-state index in [9.17, 15) is 4.39 Å². The van der Waals surface area contributed by atoms with Gasteiger partial charge in [-0.3, -0.25) is 0 Å². The fourth-order valence-electron chi connectivity index (χ4n) is 1.81. The van der Waals surface area contributed by atoms with Crippen LogP contribution in [0.5, 0.6) is 0 Å². The highest BCUT2D eigenvalue weighted by Gasteiger charge is 2.06. The molecule has 0 fully saturated rings. The van der Waals surface area contributed by atoms with Gasteiger partial charge >= 0.3 is 0 Å². The number of nitrogens with zero attached hydrogens (tertiary/aromatic N) is 1. The highest BCUT2D eigenvalue weighted by atomic mass is 35.5. The monoisotopic (exact) mass is 303 g/mol. The third kappa shape index (κ3) is 4.42. The van der Waals surface area contributed by atoms with Crippen LogP contribution in [0.15, 0.2) is 23.6 Å². The first-order valence-corrected chi connectivity index (χ1v) is 6.93. The molecule has 106 valence electrons. The fourth-order valence-corrected chi connectivity index (χ4v) is 2.77. The van der Waals surface area contributed by atoms with Crippen LogP contribution in [0.3, 0.4) is 0 Å². The van der Waals surface area contributed by atoms with Crippen molar-refractivity contribution in [2.45, 2.75) is 6.42 Å². The van der Waals surface area contributed by atoms with Crippen molar-refractivity contribution in [3.05, 3.63) is 35.0 Å². The molecular weight excluding hydrogens is 285 g/mol. The van der Waals surface area contributed by atoms with Gasteiger partial charge < -0.3 is 9.64 Å². The van der Waals surface area contributed by atoms with Gasteiger partial charge in [0.05, 0.1) is 13.2 Å². The summed E-state index contributed by atoms with van der Waals surface area (Å²) in [6.45, 7) is 2.35. The molecule has 2 nitrogen and oxygen atoms in total. The second-order valence-corrected chi connectivity index (χ2v) is 5.45. The standard InChI is InChI=1S/C14H18FNOS.ClH/c1-16(2)7-9-17-8-5-11-3-4-13(15)12-6-10-18-14(11)12;/h3-4,6,10H,5,7-9H2,1-2H3;1H. The molecule has 0 atom stereocenters. The maximum Gasteiger partial charge on any atom is 0.131 e. The zero-order valence-corrected chi connectivity index (χ0v) is 12.8. The van der Waals surface area contributed by atoms with Crippen molar-refractivity contribution in [2.75, 3.05) is 33.9 Å². The maximum atomic E-state index is 13.5. The van der Waals surface area contributed by atoms with Crippen LogP contribution in [-0.2, 0) is 11.2 Å². The first-order valence-electron chi connectivity index (χ1n) is 6.05. The van der Waals surface area contributed by atoms with Crippen LogP contribution < -0.4 is 0 Å². The van der Waals surface area contributed by atoms with E-state index in [0.29, 0.717) is 6.61 Å². The van der Waals surface area contributed by atoms with E-state index in [1.807, 2.05) is 31.6 Å². The van der Waals surface area contributed by atoms with Crippen molar-refractivity contribution in [3.63, 3.8) is 0 Å². The predicted molar refractivity (Wildman–Crippen MR) is 82.1 cm³/mol. The molecule has 2 aromatic rings. The number of hydrogen-bond acceptors (Lipinski definition) is 3. The van der Waals surface area contributed by atoms with Crippen molar-refractivity contribution in [1.82, 2.24) is 4.90 Å². The largest absolute Gasteiger partial charge is 0.380 e. The van der Waals surface area contributed by atoms with E-state index >= 15 is 0 Å². The van der Waals surface area contributed by atoms with Crippen molar-refractivity contribution in [2.24, 2.45) is 0 Å². The molecule has 0 radical (unpaired) electrons. The van der Waals surface area contributed by atoms with E-state index in [1.165, 1.54) is 5.56 Å². The summed E-state index contributed by atoms with van der Waals surface area (Å²) in [4.78, 5) is 2.09. The van der Waals surface area contributed by atoms with Gasteiger partial charge in [-0.05, 0) is 43.6 Å². The van der Waals surface area contributed by atoms with Crippen LogP contribution in [0.2, 0.25) is 0 Å². The van der Waals surface area contributed by atoms with Gasteiger partial charge in [-0.2, -0.15) is 0 Å². The Balaban J connectivity index is 0.00000180. The van der Waals surface area contributed by atoms with Crippen molar-refractivity contribution in [1.29, 1.82) is 0 Å². The normalized spacial score (nSPS) is 10.9. The lowest BCUT2D eigenvalue weighted by Gasteiger charge is -2.10. The minimum Gasteiger partial charge on any atom is -0.380 e. The van der Waals surface area contributed by atoms with E-state index < -0.39 is 0 Å². The smallest absolute Gasteiger partial charge is 0.131 e. The molecule has 0 saturated carbocycles. The third-order valence-electron chi connectivity index (χ3n) is 2.84. The molecule has 5 heteroatoms. The Morgan fingerprint density at radius 1 is 1.21 bits per heavy atom. The van der Waals surface area contributed by atoms with Gasteiger partial charge in [0.15, 0.2) is 0 Å². The molecule has 0 N–H and O–H groups in total. The maximum absolute atomic E-state index is 13.5. The first kappa shape index (κ1) is 16.4. The number of fused-ring (bicyclic) bond motifs is 1. The van der Waals surface area contributed by atoms with E-state index in [-0.39, 0.29) is 18.2 Å². The quantitative estimate of drug-likeness (QED) is 0.756. The molecule has 0 aliphatic rings. The zero-order chi connectivity index (χ0) is 13.0. The summed E-state index contributed by atoms with van der Waals surface area (Å²) in [6, 6.07) is 5.25. The highest BCUT2D eigenvalue weighted by molar-refractivity contribution is 7.17. The first-order chi connectivity index (χ1) is 8.68. The van der Waals surface area contributed by atoms with E-state index in [1.54, 1.807) is 17.4 Å². The van der Waals surface area contributed by atoms with Gasteiger partial charge in [-0.15, -0.1) is 23.7 Å². The average Bonchev–Trinajstić information content (AvgIpc) is 2.81. The number of likely N-dealkylation sites (N-methyl/N-ethyl adjacent to an activating group) is 1. The number of thiophene rings is 1. The summed E-state index contributed by atoms with van der Waals surface area (Å²) in [7, 11) is 4.05. The highest BCUT2D eigenvalue weighted by Crippen LogP contribution is 2.27. The lowest BCUT2D eigenvalue weighted by molar-refractivity contribution is 0.120. The lowest BCUT2D eigenvalue weighted by atomic mass is 10.1. The van der Waals surface area contributed by atoms with Crippen molar-refractivity contribution < 1.29 is 9.13 Å². The lowest BCUT2D eigenvalue weighted by Crippen LogP contribution is -2.18. The van der Waals surface area contributed by atoms with Crippen LogP contribution in [-0.4, -0.2) is 38.8 Å². The molecule has 1 heterocycles. The molecule has 1 aromatic carbocycles. The Labute approximate surface area is 123 Å². The minimum atomic E-state index is -0.136. The molecule has 0 aliphatic carbocycles. The Kier molecular flexibility index (Phi) is 6.72. The predicted octanol–water partition coefficient (Wildman–Crippen LogP) is 3.58. The van der Waals surface area contributed by atoms with E-state index in [4.69, 9.17) is 4.74 Å². The van der Waals surface area contributed by atoms with Crippen LogP contribution in [0.25, 0.3) is 10.1 Å². The number of rotatable bonds is 6. The van der Waals surface area contributed by atoms with Gasteiger partial charge in [0.25, 0.3) is 0 Å². The van der Waals surface area contributed by atoms with Gasteiger partial charge in [0.1, 0.15) is 5.82 Å². The van der Waals surface area contributed by atoms with Crippen LogP contribution in [0.1, 0.15) is 5.56 Å². The third-order valence-corrected chi connectivity index (χ3v) is 3.83. The molecule has 0 aliphatic heterocycles. The minimum absolute atomic E-state index is 0. The second-order valence-electron chi connectivity index (χ2n) is 4.54. The summed E-state index contributed by atoms with van der Waals surface area (Å²) < 4.78 is 20.1. The molecule has 1 aromatic heterocycles. The van der Waals surface area contributed by atoms with Crippen LogP contribution in [0, 0.1) is 5.82 Å². The Bertz CT molecular complexity index is 515. The molecule has 2 rings (SSSR count). The van der Waals surface area contributed by atoms with Gasteiger partial charge in [0.2, 0.25) is 0 Å². The van der Waals surface area contributed by atoms with Gasteiger partial charge in [-0.1, -0.05) is 6.07 Å². The number of benzene rings is 1. The second kappa shape index (κ2) is 7.80. The van der Waals surface area contributed by atoms with Gasteiger partial charge in [0, 0.05) is 16.6 Å². The molecule has 0 unspecified atom stereocenters. The topological polar surface area (TPSA) is 12.5 Å². The van der Waals surface area contributed by atoms with Crippen LogP contribution >= 0.6 is 23.7 Å². The average molecular weight is 304 g/mol. The molecule has 0 amide bonds. The van der Waals surface area contributed by atoms with Crippen molar-refractivity contribution >= 4 is 33.8 Å². The van der Waals surface area contributed by atoms with Crippen LogP contribution in [0.4, 0.5) is 4.39 Å². The summed E-state index contributed by atoms with van der Waals surface area (Å²) in [5, 5.41) is 2.66. The Morgan fingerprint density at radius 3 is 2.74 bits per heavy atom. The fraction of sp³-hybridized carbons (Fsp3) is 0.429. The summed E-state index contributed by atoms with van der Waals surface area (Å²) in [5.74, 6) is -0.136. The Morgan fingerprint density at radius 2 is 2.00 bits per heavy atom. The SMILES string of the molecule is CN(C)CCOCCc1ccc(F)c2ccsc12.Cl. The van der Waals surface area contributed by atoms with Gasteiger partial charge in [-0.25, -0.2) is 4.39 Å². The number of halogens is 2.